The molecule has 1 heterocycles. The number of hydrogen-bond acceptors (Lipinski definition) is 3. The van der Waals surface area contributed by atoms with Gasteiger partial charge in [0, 0.05) is 5.56 Å². The van der Waals surface area contributed by atoms with Crippen LogP contribution in [0.2, 0.25) is 5.02 Å². The van der Waals surface area contributed by atoms with Crippen LogP contribution in [0.3, 0.4) is 0 Å². The van der Waals surface area contributed by atoms with Gasteiger partial charge in [0.1, 0.15) is 19.7 Å². The normalized spacial score (nSPS) is 10.6. The molecule has 130 valence electrons. The van der Waals surface area contributed by atoms with E-state index in [1.807, 2.05) is 42.5 Å². The number of thiophene rings is 1. The van der Waals surface area contributed by atoms with Crippen LogP contribution in [0.1, 0.15) is 16.0 Å². The fraction of sp³-hybridized carbons (Fsp3) is 0.200. The molecule has 2 aromatic carbocycles. The smallest absolute Gasteiger partial charge is 0.180 e. The number of methoxy groups -OCH3 is 1. The summed E-state index contributed by atoms with van der Waals surface area (Å²) in [6, 6.07) is 18.2. The summed E-state index contributed by atoms with van der Waals surface area (Å²) in [7, 11) is 1.64. The van der Waals surface area contributed by atoms with Crippen LogP contribution < -0.4 is 14.8 Å². The van der Waals surface area contributed by atoms with Gasteiger partial charge in [0.15, 0.2) is 11.5 Å². The van der Waals surface area contributed by atoms with Gasteiger partial charge < -0.3 is 14.8 Å². The van der Waals surface area contributed by atoms with E-state index in [1.54, 1.807) is 18.4 Å². The van der Waals surface area contributed by atoms with Crippen LogP contribution in [0.15, 0.2) is 60.0 Å². The molecule has 2 N–H and O–H groups in total. The van der Waals surface area contributed by atoms with Crippen LogP contribution in [-0.4, -0.2) is 7.11 Å². The first-order valence-corrected chi connectivity index (χ1v) is 9.39. The first-order valence-electron chi connectivity index (χ1n) is 8.13. The van der Waals surface area contributed by atoms with Crippen molar-refractivity contribution >= 4 is 22.9 Å². The summed E-state index contributed by atoms with van der Waals surface area (Å²) in [6.07, 6.45) is 0. The zero-order valence-corrected chi connectivity index (χ0v) is 15.6. The van der Waals surface area contributed by atoms with Gasteiger partial charge in [0.2, 0.25) is 0 Å². The monoisotopic (exact) mass is 374 g/mol. The number of benzene rings is 2. The Morgan fingerprint density at radius 1 is 1.00 bits per heavy atom. The highest BCUT2D eigenvalue weighted by Gasteiger charge is 2.13. The maximum absolute atomic E-state index is 6.44. The van der Waals surface area contributed by atoms with Crippen LogP contribution >= 0.6 is 22.9 Å². The number of rotatable bonds is 8. The predicted octanol–water partition coefficient (Wildman–Crippen LogP) is 4.25. The molecular weight excluding hydrogens is 354 g/mol. The largest absolute Gasteiger partial charge is 0.493 e. The lowest BCUT2D eigenvalue weighted by atomic mass is 10.2. The van der Waals surface area contributed by atoms with Crippen molar-refractivity contribution in [1.82, 2.24) is 0 Å². The van der Waals surface area contributed by atoms with E-state index in [2.05, 4.69) is 22.8 Å². The molecule has 0 fully saturated rings. The number of hydrogen-bond donors (Lipinski definition) is 1. The van der Waals surface area contributed by atoms with Gasteiger partial charge in [-0.25, -0.2) is 0 Å². The SMILES string of the molecule is COc1cc(C[NH2+]Cc2cccs2)cc(Cl)c1OCc1ccccc1. The van der Waals surface area contributed by atoms with E-state index in [9.17, 15) is 0 Å². The lowest BCUT2D eigenvalue weighted by Crippen LogP contribution is -2.80. The first kappa shape index (κ1) is 17.8. The Bertz CT molecular complexity index is 791. The number of quaternary nitrogens is 1. The molecule has 0 aliphatic heterocycles. The Balaban J connectivity index is 1.65. The molecule has 0 amide bonds. The van der Waals surface area contributed by atoms with Crippen LogP contribution in [0.4, 0.5) is 0 Å². The summed E-state index contributed by atoms with van der Waals surface area (Å²) in [5.74, 6) is 1.26. The molecular formula is C20H21ClNO2S+. The molecule has 0 radical (unpaired) electrons. The lowest BCUT2D eigenvalue weighted by Gasteiger charge is -2.14. The lowest BCUT2D eigenvalue weighted by molar-refractivity contribution is -0.685. The van der Waals surface area contributed by atoms with Crippen molar-refractivity contribution in [2.24, 2.45) is 0 Å². The molecule has 25 heavy (non-hydrogen) atoms. The van der Waals surface area contributed by atoms with E-state index in [4.69, 9.17) is 21.1 Å². The third-order valence-corrected chi connectivity index (χ3v) is 5.00. The molecule has 3 rings (SSSR count). The van der Waals surface area contributed by atoms with Crippen LogP contribution in [-0.2, 0) is 19.7 Å². The van der Waals surface area contributed by atoms with E-state index in [0.29, 0.717) is 23.1 Å². The molecule has 0 spiro atoms. The highest BCUT2D eigenvalue weighted by Crippen LogP contribution is 2.36. The maximum atomic E-state index is 6.44. The van der Waals surface area contributed by atoms with E-state index < -0.39 is 0 Å². The fourth-order valence-corrected chi connectivity index (χ4v) is 3.56. The second kappa shape index (κ2) is 8.90. The van der Waals surface area contributed by atoms with Gasteiger partial charge in [0.05, 0.1) is 17.0 Å². The van der Waals surface area contributed by atoms with Gasteiger partial charge in [-0.15, -0.1) is 11.3 Å². The van der Waals surface area contributed by atoms with E-state index in [1.165, 1.54) is 4.88 Å². The van der Waals surface area contributed by atoms with Crippen molar-refractivity contribution in [3.8, 4) is 11.5 Å². The minimum Gasteiger partial charge on any atom is -0.493 e. The topological polar surface area (TPSA) is 35.1 Å². The molecule has 0 atom stereocenters. The average Bonchev–Trinajstić information content (AvgIpc) is 3.15. The highest BCUT2D eigenvalue weighted by molar-refractivity contribution is 7.09. The Morgan fingerprint density at radius 2 is 1.84 bits per heavy atom. The molecule has 3 nitrogen and oxygen atoms in total. The molecule has 1 aromatic heterocycles. The standard InChI is InChI=1S/C20H20ClNO2S/c1-23-19-11-16(12-22-13-17-8-5-9-25-17)10-18(21)20(19)24-14-15-6-3-2-4-7-15/h2-11,22H,12-14H2,1H3/p+1. The van der Waals surface area contributed by atoms with Crippen LogP contribution in [0.25, 0.3) is 0 Å². The second-order valence-corrected chi connectivity index (χ2v) is 7.10. The Kier molecular flexibility index (Phi) is 6.34. The summed E-state index contributed by atoms with van der Waals surface area (Å²) in [6.45, 7) is 2.26. The second-order valence-electron chi connectivity index (χ2n) is 5.66. The average molecular weight is 375 g/mol. The van der Waals surface area contributed by atoms with E-state index in [0.717, 1.165) is 24.2 Å². The highest BCUT2D eigenvalue weighted by atomic mass is 35.5. The van der Waals surface area contributed by atoms with Crippen molar-refractivity contribution in [2.45, 2.75) is 19.7 Å². The number of ether oxygens (including phenoxy) is 2. The van der Waals surface area contributed by atoms with Crippen molar-refractivity contribution in [3.63, 3.8) is 0 Å². The van der Waals surface area contributed by atoms with Crippen LogP contribution in [0.5, 0.6) is 11.5 Å². The molecule has 5 heteroatoms. The minimum absolute atomic E-state index is 0.459. The quantitative estimate of drug-likeness (QED) is 0.639. The summed E-state index contributed by atoms with van der Waals surface area (Å²) in [5, 5.41) is 4.93. The van der Waals surface area contributed by atoms with Gasteiger partial charge in [-0.1, -0.05) is 48.0 Å². The number of halogens is 1. The molecule has 3 aromatic rings. The predicted molar refractivity (Wildman–Crippen MR) is 102 cm³/mol. The summed E-state index contributed by atoms with van der Waals surface area (Å²) in [4.78, 5) is 1.36. The van der Waals surface area contributed by atoms with Gasteiger partial charge in [-0.05, 0) is 29.1 Å². The molecule has 0 aliphatic carbocycles. The minimum atomic E-state index is 0.459. The van der Waals surface area contributed by atoms with Crippen molar-refractivity contribution < 1.29 is 14.8 Å². The van der Waals surface area contributed by atoms with Crippen molar-refractivity contribution in [2.75, 3.05) is 7.11 Å². The summed E-state index contributed by atoms with van der Waals surface area (Å²) in [5.41, 5.74) is 2.21. The summed E-state index contributed by atoms with van der Waals surface area (Å²) < 4.78 is 11.4. The zero-order chi connectivity index (χ0) is 17.5. The zero-order valence-electron chi connectivity index (χ0n) is 14.1. The molecule has 0 aliphatic rings. The first-order chi connectivity index (χ1) is 12.3. The molecule has 0 bridgehead atoms. The van der Waals surface area contributed by atoms with E-state index in [-0.39, 0.29) is 0 Å². The van der Waals surface area contributed by atoms with Crippen LogP contribution in [0, 0.1) is 0 Å². The molecule has 0 saturated heterocycles. The fourth-order valence-electron chi connectivity index (χ4n) is 2.57. The molecule has 0 saturated carbocycles. The third kappa shape index (κ3) is 4.98. The maximum Gasteiger partial charge on any atom is 0.180 e. The van der Waals surface area contributed by atoms with Gasteiger partial charge in [-0.2, -0.15) is 0 Å². The van der Waals surface area contributed by atoms with Gasteiger partial charge >= 0.3 is 0 Å². The van der Waals surface area contributed by atoms with Gasteiger partial charge in [-0.3, -0.25) is 0 Å². The Morgan fingerprint density at radius 3 is 2.56 bits per heavy atom. The Hall–Kier alpha value is -2.01. The van der Waals surface area contributed by atoms with E-state index >= 15 is 0 Å². The Labute approximate surface area is 157 Å². The third-order valence-electron chi connectivity index (χ3n) is 3.82. The molecule has 0 unspecified atom stereocenters. The van der Waals surface area contributed by atoms with Gasteiger partial charge in [0.25, 0.3) is 0 Å². The number of nitrogens with two attached hydrogens (primary N) is 1. The van der Waals surface area contributed by atoms with Crippen molar-refractivity contribution in [3.05, 3.63) is 81.0 Å². The summed E-state index contributed by atoms with van der Waals surface area (Å²) >= 11 is 8.22. The van der Waals surface area contributed by atoms with Crippen molar-refractivity contribution in [1.29, 1.82) is 0 Å².